The van der Waals surface area contributed by atoms with Crippen molar-refractivity contribution < 1.29 is 19.1 Å². The van der Waals surface area contributed by atoms with Crippen molar-refractivity contribution in [3.63, 3.8) is 0 Å². The quantitative estimate of drug-likeness (QED) is 0.781. The summed E-state index contributed by atoms with van der Waals surface area (Å²) >= 11 is 0. The Morgan fingerprint density at radius 1 is 1.20 bits per heavy atom. The molecule has 156 valence electrons. The van der Waals surface area contributed by atoms with Crippen molar-refractivity contribution in [2.75, 3.05) is 13.1 Å². The van der Waals surface area contributed by atoms with Gasteiger partial charge < -0.3 is 19.9 Å². The van der Waals surface area contributed by atoms with E-state index >= 15 is 0 Å². The number of hydrogen-bond donors (Lipinski definition) is 2. The number of aromatic hydroxyl groups is 1. The van der Waals surface area contributed by atoms with Gasteiger partial charge in [-0.15, -0.1) is 0 Å². The number of benzene rings is 1. The van der Waals surface area contributed by atoms with Crippen molar-refractivity contribution in [3.05, 3.63) is 63.3 Å². The number of nitrogens with zero attached hydrogens (tertiary/aromatic N) is 3. The minimum Gasteiger partial charge on any atom is -0.503 e. The maximum Gasteiger partial charge on any atom is 0.275 e. The van der Waals surface area contributed by atoms with Gasteiger partial charge in [0.2, 0.25) is 5.43 Å². The molecule has 1 aromatic carbocycles. The average molecular weight is 412 g/mol. The highest BCUT2D eigenvalue weighted by Gasteiger charge is 2.48. The third-order valence-corrected chi connectivity index (χ3v) is 6.26. The molecule has 30 heavy (non-hydrogen) atoms. The van der Waals surface area contributed by atoms with Gasteiger partial charge in [-0.2, -0.15) is 0 Å². The first-order valence-corrected chi connectivity index (χ1v) is 10.00. The lowest BCUT2D eigenvalue weighted by molar-refractivity contribution is 0.0513. The third kappa shape index (κ3) is 2.88. The average Bonchev–Trinajstić information content (AvgIpc) is 3.32. The van der Waals surface area contributed by atoms with Gasteiger partial charge in [-0.1, -0.05) is 12.1 Å². The summed E-state index contributed by atoms with van der Waals surface area (Å²) in [4.78, 5) is 42.2. The molecule has 0 saturated carbocycles. The number of rotatable bonds is 3. The molecule has 2 aromatic rings. The Balaban J connectivity index is 1.43. The van der Waals surface area contributed by atoms with Gasteiger partial charge in [-0.3, -0.25) is 19.3 Å². The molecule has 2 saturated heterocycles. The molecule has 5 rings (SSSR count). The van der Waals surface area contributed by atoms with Crippen molar-refractivity contribution in [3.8, 4) is 5.75 Å². The Bertz CT molecular complexity index is 1100. The lowest BCUT2D eigenvalue weighted by atomic mass is 10.1. The van der Waals surface area contributed by atoms with Crippen molar-refractivity contribution in [2.45, 2.75) is 38.1 Å². The molecule has 1 aromatic heterocycles. The van der Waals surface area contributed by atoms with Crippen LogP contribution in [0.1, 0.15) is 39.3 Å². The second-order valence-corrected chi connectivity index (χ2v) is 8.00. The van der Waals surface area contributed by atoms with E-state index in [9.17, 15) is 23.9 Å². The number of carbonyl (C=O) groups is 2. The SMILES string of the molecule is O=C(NCc1ccc(F)cc1)c1cn2c(c(O)c1=O)C(=O)N1C[C@H]3CCCN3[C@@H]1C2. The van der Waals surface area contributed by atoms with Crippen LogP contribution < -0.4 is 10.7 Å². The number of pyridine rings is 1. The van der Waals surface area contributed by atoms with Gasteiger partial charge in [0.05, 0.1) is 6.54 Å². The molecule has 2 fully saturated rings. The van der Waals surface area contributed by atoms with Crippen LogP contribution in [0.5, 0.6) is 5.75 Å². The summed E-state index contributed by atoms with van der Waals surface area (Å²) in [5.74, 6) is -2.11. The van der Waals surface area contributed by atoms with Gasteiger partial charge in [-0.05, 0) is 30.5 Å². The molecule has 2 N–H and O–H groups in total. The van der Waals surface area contributed by atoms with Crippen LogP contribution in [0.2, 0.25) is 0 Å². The van der Waals surface area contributed by atoms with E-state index in [1.54, 1.807) is 4.90 Å². The Morgan fingerprint density at radius 2 is 1.97 bits per heavy atom. The minimum atomic E-state index is -0.871. The van der Waals surface area contributed by atoms with Gasteiger partial charge >= 0.3 is 0 Å². The number of halogens is 1. The van der Waals surface area contributed by atoms with Gasteiger partial charge in [-0.25, -0.2) is 4.39 Å². The summed E-state index contributed by atoms with van der Waals surface area (Å²) < 4.78 is 14.5. The summed E-state index contributed by atoms with van der Waals surface area (Å²) in [6, 6.07) is 5.94. The maximum absolute atomic E-state index is 13.0. The number of fused-ring (bicyclic) bond motifs is 4. The Labute approximate surface area is 171 Å². The first-order valence-electron chi connectivity index (χ1n) is 10.00. The van der Waals surface area contributed by atoms with Gasteiger partial charge in [0, 0.05) is 31.9 Å². The fourth-order valence-electron chi connectivity index (χ4n) is 4.77. The predicted octanol–water partition coefficient (Wildman–Crippen LogP) is 0.883. The molecule has 2 atom stereocenters. The molecular weight excluding hydrogens is 391 g/mol. The lowest BCUT2D eigenvalue weighted by Crippen LogP contribution is -2.50. The van der Waals surface area contributed by atoms with Crippen LogP contribution in [0, 0.1) is 5.82 Å². The van der Waals surface area contributed by atoms with E-state index < -0.39 is 17.1 Å². The molecule has 3 aliphatic heterocycles. The van der Waals surface area contributed by atoms with E-state index in [2.05, 4.69) is 10.2 Å². The van der Waals surface area contributed by atoms with Crippen molar-refractivity contribution >= 4 is 11.8 Å². The van der Waals surface area contributed by atoms with E-state index in [0.717, 1.165) is 19.4 Å². The van der Waals surface area contributed by atoms with Crippen LogP contribution in [0.15, 0.2) is 35.3 Å². The summed E-state index contributed by atoms with van der Waals surface area (Å²) in [7, 11) is 0. The smallest absolute Gasteiger partial charge is 0.275 e. The summed E-state index contributed by atoms with van der Waals surface area (Å²) in [6.07, 6.45) is 3.34. The molecule has 4 heterocycles. The van der Waals surface area contributed by atoms with Crippen LogP contribution in [-0.2, 0) is 13.1 Å². The molecule has 8 nitrogen and oxygen atoms in total. The van der Waals surface area contributed by atoms with E-state index in [-0.39, 0.29) is 35.7 Å². The molecule has 9 heteroatoms. The van der Waals surface area contributed by atoms with Crippen LogP contribution in [-0.4, -0.2) is 56.6 Å². The summed E-state index contributed by atoms with van der Waals surface area (Å²) in [6.45, 7) is 2.00. The molecule has 0 radical (unpaired) electrons. The molecule has 0 aliphatic carbocycles. The van der Waals surface area contributed by atoms with Crippen LogP contribution in [0.4, 0.5) is 4.39 Å². The topological polar surface area (TPSA) is 94.9 Å². The minimum absolute atomic E-state index is 0.0625. The zero-order valence-electron chi connectivity index (χ0n) is 16.2. The van der Waals surface area contributed by atoms with Gasteiger partial charge in [0.15, 0.2) is 11.4 Å². The fraction of sp³-hybridized carbons (Fsp3) is 0.381. The van der Waals surface area contributed by atoms with Crippen LogP contribution >= 0.6 is 0 Å². The predicted molar refractivity (Wildman–Crippen MR) is 104 cm³/mol. The summed E-state index contributed by atoms with van der Waals surface area (Å²) in [5.41, 5.74) is -0.490. The Hall–Kier alpha value is -3.20. The first-order chi connectivity index (χ1) is 14.4. The molecular formula is C21H21FN4O4. The van der Waals surface area contributed by atoms with E-state index in [4.69, 9.17) is 0 Å². The number of nitrogens with one attached hydrogen (secondary N) is 1. The molecule has 2 amide bonds. The standard InChI is InChI=1S/C21H21FN4O4/c22-13-5-3-12(4-6-13)8-23-20(29)15-10-24-11-16-25-7-1-2-14(25)9-26(16)21(30)17(24)19(28)18(15)27/h3-6,10,14,16,28H,1-2,7-9,11H2,(H,23,29)/t14-,16+/m1/s1. The van der Waals surface area contributed by atoms with Crippen molar-refractivity contribution in [2.24, 2.45) is 0 Å². The van der Waals surface area contributed by atoms with Gasteiger partial charge in [0.25, 0.3) is 11.8 Å². The zero-order valence-corrected chi connectivity index (χ0v) is 16.2. The van der Waals surface area contributed by atoms with Crippen LogP contribution in [0.3, 0.4) is 0 Å². The van der Waals surface area contributed by atoms with Gasteiger partial charge in [0.1, 0.15) is 17.5 Å². The second-order valence-electron chi connectivity index (χ2n) is 8.00. The highest BCUT2D eigenvalue weighted by molar-refractivity contribution is 5.99. The molecule has 3 aliphatic rings. The molecule has 0 spiro atoms. The van der Waals surface area contributed by atoms with E-state index in [1.807, 2.05) is 0 Å². The monoisotopic (exact) mass is 412 g/mol. The molecule has 0 unspecified atom stereocenters. The molecule has 0 bridgehead atoms. The van der Waals surface area contributed by atoms with Crippen molar-refractivity contribution in [1.82, 2.24) is 19.7 Å². The zero-order chi connectivity index (χ0) is 21.0. The normalized spacial score (nSPS) is 22.6. The fourth-order valence-corrected chi connectivity index (χ4v) is 4.77. The Morgan fingerprint density at radius 3 is 2.73 bits per heavy atom. The van der Waals surface area contributed by atoms with E-state index in [0.29, 0.717) is 24.7 Å². The third-order valence-electron chi connectivity index (χ3n) is 6.26. The van der Waals surface area contributed by atoms with E-state index in [1.165, 1.54) is 35.0 Å². The highest BCUT2D eigenvalue weighted by Crippen LogP contribution is 2.35. The first kappa shape index (κ1) is 18.8. The number of amides is 2. The number of aromatic nitrogens is 1. The lowest BCUT2D eigenvalue weighted by Gasteiger charge is -2.35. The number of hydrogen-bond acceptors (Lipinski definition) is 5. The maximum atomic E-state index is 13.0. The highest BCUT2D eigenvalue weighted by atomic mass is 19.1. The van der Waals surface area contributed by atoms with Crippen LogP contribution in [0.25, 0.3) is 0 Å². The second kappa shape index (κ2) is 6.94. The summed E-state index contributed by atoms with van der Waals surface area (Å²) in [5, 5.41) is 13.1. The largest absolute Gasteiger partial charge is 0.503 e. The Kier molecular flexibility index (Phi) is 4.35. The number of carbonyl (C=O) groups excluding carboxylic acids is 2. The van der Waals surface area contributed by atoms with Crippen molar-refractivity contribution in [1.29, 1.82) is 0 Å².